The molecule has 0 unspecified atom stereocenters. The minimum atomic E-state index is -4.51. The molecule has 22 heavy (non-hydrogen) atoms. The molecule has 1 atom stereocenters. The number of rotatable bonds is 4. The van der Waals surface area contributed by atoms with Crippen molar-refractivity contribution in [2.45, 2.75) is 32.0 Å². The van der Waals surface area contributed by atoms with Crippen LogP contribution in [0.1, 0.15) is 36.9 Å². The van der Waals surface area contributed by atoms with Gasteiger partial charge in [0.25, 0.3) is 0 Å². The number of hydrogen-bond donors (Lipinski definition) is 1. The maximum absolute atomic E-state index is 14.2. The molecule has 1 aliphatic rings. The normalized spacial score (nSPS) is 17.9. The van der Waals surface area contributed by atoms with Crippen molar-refractivity contribution in [3.05, 3.63) is 35.1 Å². The molecule has 7 heteroatoms. The number of hydrogen-bond acceptors (Lipinski definition) is 2. The van der Waals surface area contributed by atoms with E-state index >= 15 is 0 Å². The molecule has 2 nitrogen and oxygen atoms in total. The molecular formula is C15H21ClF4N2. The van der Waals surface area contributed by atoms with Crippen molar-refractivity contribution in [3.8, 4) is 0 Å². The lowest BCUT2D eigenvalue weighted by atomic mass is 9.98. The third-order valence-electron chi connectivity index (χ3n) is 3.84. The van der Waals surface area contributed by atoms with Crippen molar-refractivity contribution >= 4 is 12.4 Å². The zero-order valence-electron chi connectivity index (χ0n) is 12.4. The Morgan fingerprint density at radius 3 is 2.36 bits per heavy atom. The molecule has 1 saturated heterocycles. The highest BCUT2D eigenvalue weighted by atomic mass is 35.5. The highest BCUT2D eigenvalue weighted by Gasteiger charge is 2.32. The van der Waals surface area contributed by atoms with Crippen LogP contribution in [0, 0.1) is 5.82 Å². The van der Waals surface area contributed by atoms with Gasteiger partial charge in [-0.25, -0.2) is 4.39 Å². The van der Waals surface area contributed by atoms with E-state index in [4.69, 9.17) is 0 Å². The fraction of sp³-hybridized carbons (Fsp3) is 0.600. The van der Waals surface area contributed by atoms with E-state index in [1.807, 2.05) is 6.92 Å². The Morgan fingerprint density at radius 2 is 1.86 bits per heavy atom. The van der Waals surface area contributed by atoms with Crippen molar-refractivity contribution in [2.75, 3.05) is 26.2 Å². The Morgan fingerprint density at radius 1 is 1.23 bits per heavy atom. The standard InChI is InChI=1S/C15H20F4N2.ClH/c1-2-3-14(21-8-6-20-7-9-21)12-5-4-11(10-13(12)16)15(17,18)19;/h4-5,10,14,20H,2-3,6-9H2,1H3;1H/t14-;/m0./s1. The Bertz CT molecular complexity index is 473. The second-order valence-corrected chi connectivity index (χ2v) is 5.32. The van der Waals surface area contributed by atoms with Crippen LogP contribution in [0.15, 0.2) is 18.2 Å². The predicted molar refractivity (Wildman–Crippen MR) is 80.7 cm³/mol. The van der Waals surface area contributed by atoms with Gasteiger partial charge in [-0.05, 0) is 18.6 Å². The van der Waals surface area contributed by atoms with Gasteiger partial charge in [0, 0.05) is 37.8 Å². The lowest BCUT2D eigenvalue weighted by Crippen LogP contribution is -2.45. The van der Waals surface area contributed by atoms with E-state index in [2.05, 4.69) is 10.2 Å². The third kappa shape index (κ3) is 4.57. The minimum Gasteiger partial charge on any atom is -0.314 e. The SMILES string of the molecule is CCC[C@@H](c1ccc(C(F)(F)F)cc1F)N1CCNCC1.Cl. The summed E-state index contributed by atoms with van der Waals surface area (Å²) in [6, 6.07) is 2.73. The maximum Gasteiger partial charge on any atom is 0.416 e. The summed E-state index contributed by atoms with van der Waals surface area (Å²) < 4.78 is 52.0. The van der Waals surface area contributed by atoms with Crippen molar-refractivity contribution in [2.24, 2.45) is 0 Å². The molecule has 126 valence electrons. The molecule has 1 aromatic carbocycles. The summed E-state index contributed by atoms with van der Waals surface area (Å²) in [4.78, 5) is 2.14. The molecule has 1 aromatic rings. The largest absolute Gasteiger partial charge is 0.416 e. The van der Waals surface area contributed by atoms with Crippen LogP contribution in [0.2, 0.25) is 0 Å². The van der Waals surface area contributed by atoms with Gasteiger partial charge in [0.15, 0.2) is 0 Å². The van der Waals surface area contributed by atoms with Gasteiger partial charge in [-0.1, -0.05) is 19.4 Å². The molecule has 2 rings (SSSR count). The molecule has 1 aliphatic heterocycles. The van der Waals surface area contributed by atoms with E-state index < -0.39 is 17.6 Å². The molecule has 0 aromatic heterocycles. The summed E-state index contributed by atoms with van der Waals surface area (Å²) in [6.07, 6.45) is -2.91. The zero-order valence-corrected chi connectivity index (χ0v) is 13.2. The van der Waals surface area contributed by atoms with Gasteiger partial charge < -0.3 is 5.32 Å². The van der Waals surface area contributed by atoms with Crippen LogP contribution >= 0.6 is 12.4 Å². The number of piperazine rings is 1. The van der Waals surface area contributed by atoms with Gasteiger partial charge in [-0.2, -0.15) is 13.2 Å². The molecule has 0 saturated carbocycles. The number of benzene rings is 1. The van der Waals surface area contributed by atoms with Crippen LogP contribution in [-0.4, -0.2) is 31.1 Å². The van der Waals surface area contributed by atoms with E-state index in [9.17, 15) is 17.6 Å². The third-order valence-corrected chi connectivity index (χ3v) is 3.84. The van der Waals surface area contributed by atoms with E-state index in [1.165, 1.54) is 6.07 Å². The second kappa shape index (κ2) is 8.13. The van der Waals surface area contributed by atoms with Crippen LogP contribution < -0.4 is 5.32 Å². The molecule has 0 aliphatic carbocycles. The van der Waals surface area contributed by atoms with Crippen LogP contribution in [0.25, 0.3) is 0 Å². The molecule has 0 spiro atoms. The summed E-state index contributed by atoms with van der Waals surface area (Å²) >= 11 is 0. The molecule has 0 bridgehead atoms. The average molecular weight is 341 g/mol. The number of halogens is 5. The topological polar surface area (TPSA) is 15.3 Å². The highest BCUT2D eigenvalue weighted by molar-refractivity contribution is 5.85. The first-order valence-electron chi connectivity index (χ1n) is 7.25. The number of nitrogens with zero attached hydrogens (tertiary/aromatic N) is 1. The van der Waals surface area contributed by atoms with Gasteiger partial charge in [-0.15, -0.1) is 12.4 Å². The highest BCUT2D eigenvalue weighted by Crippen LogP contribution is 2.34. The molecule has 0 radical (unpaired) electrons. The first-order valence-corrected chi connectivity index (χ1v) is 7.25. The summed E-state index contributed by atoms with van der Waals surface area (Å²) in [7, 11) is 0. The average Bonchev–Trinajstić information content (AvgIpc) is 2.45. The van der Waals surface area contributed by atoms with Gasteiger partial charge >= 0.3 is 6.18 Å². The molecule has 1 fully saturated rings. The predicted octanol–water partition coefficient (Wildman–Crippen LogP) is 4.01. The monoisotopic (exact) mass is 340 g/mol. The minimum absolute atomic E-state index is 0. The summed E-state index contributed by atoms with van der Waals surface area (Å²) in [5, 5.41) is 3.22. The second-order valence-electron chi connectivity index (χ2n) is 5.32. The van der Waals surface area contributed by atoms with Crippen LogP contribution in [0.5, 0.6) is 0 Å². The fourth-order valence-corrected chi connectivity index (χ4v) is 2.78. The van der Waals surface area contributed by atoms with Crippen LogP contribution in [0.4, 0.5) is 17.6 Å². The van der Waals surface area contributed by atoms with Crippen molar-refractivity contribution < 1.29 is 17.6 Å². The summed E-state index contributed by atoms with van der Waals surface area (Å²) in [6.45, 7) is 5.21. The lowest BCUT2D eigenvalue weighted by Gasteiger charge is -2.35. The van der Waals surface area contributed by atoms with E-state index in [0.717, 1.165) is 45.1 Å². The van der Waals surface area contributed by atoms with E-state index in [1.54, 1.807) is 0 Å². The summed E-state index contributed by atoms with van der Waals surface area (Å²) in [5.74, 6) is -0.762. The number of alkyl halides is 3. The summed E-state index contributed by atoms with van der Waals surface area (Å²) in [5.41, 5.74) is -0.564. The number of nitrogens with one attached hydrogen (secondary N) is 1. The van der Waals surface area contributed by atoms with Crippen LogP contribution in [0.3, 0.4) is 0 Å². The zero-order chi connectivity index (χ0) is 15.5. The molecule has 1 N–H and O–H groups in total. The van der Waals surface area contributed by atoms with Crippen molar-refractivity contribution in [1.29, 1.82) is 0 Å². The Labute approximate surface area is 134 Å². The van der Waals surface area contributed by atoms with Crippen molar-refractivity contribution in [3.63, 3.8) is 0 Å². The fourth-order valence-electron chi connectivity index (χ4n) is 2.78. The first-order chi connectivity index (χ1) is 9.93. The Hall–Kier alpha value is -0.850. The Kier molecular flexibility index (Phi) is 7.09. The maximum atomic E-state index is 14.2. The van der Waals surface area contributed by atoms with Crippen LogP contribution in [-0.2, 0) is 6.18 Å². The van der Waals surface area contributed by atoms with Gasteiger partial charge in [0.1, 0.15) is 5.82 Å². The quantitative estimate of drug-likeness (QED) is 0.833. The molecular weight excluding hydrogens is 320 g/mol. The molecule has 0 amide bonds. The van der Waals surface area contributed by atoms with Gasteiger partial charge in [0.05, 0.1) is 5.56 Å². The molecule has 1 heterocycles. The smallest absolute Gasteiger partial charge is 0.314 e. The Balaban J connectivity index is 0.00000242. The lowest BCUT2D eigenvalue weighted by molar-refractivity contribution is -0.137. The van der Waals surface area contributed by atoms with Crippen molar-refractivity contribution in [1.82, 2.24) is 10.2 Å². The first kappa shape index (κ1) is 19.2. The van der Waals surface area contributed by atoms with E-state index in [0.29, 0.717) is 11.6 Å². The van der Waals surface area contributed by atoms with Gasteiger partial charge in [-0.3, -0.25) is 4.90 Å². The van der Waals surface area contributed by atoms with E-state index in [-0.39, 0.29) is 18.4 Å². The van der Waals surface area contributed by atoms with Gasteiger partial charge in [0.2, 0.25) is 0 Å².